The van der Waals surface area contributed by atoms with Crippen molar-refractivity contribution in [3.63, 3.8) is 0 Å². The highest BCUT2D eigenvalue weighted by Crippen LogP contribution is 2.62. The summed E-state index contributed by atoms with van der Waals surface area (Å²) in [6.45, 7) is 1.67. The van der Waals surface area contributed by atoms with Gasteiger partial charge in [0.1, 0.15) is 0 Å². The van der Waals surface area contributed by atoms with Crippen LogP contribution in [-0.4, -0.2) is 17.8 Å². The molecule has 0 N–H and O–H groups in total. The van der Waals surface area contributed by atoms with Gasteiger partial charge in [0.15, 0.2) is 0 Å². The number of hydrogen-bond donors (Lipinski definition) is 0. The Bertz CT molecular complexity index is 545. The lowest BCUT2D eigenvalue weighted by atomic mass is 9.96. The Hall–Kier alpha value is -1.46. The van der Waals surface area contributed by atoms with E-state index < -0.39 is 35.3 Å². The van der Waals surface area contributed by atoms with Crippen molar-refractivity contribution in [2.45, 2.75) is 44.0 Å². The second-order valence-electron chi connectivity index (χ2n) is 5.05. The van der Waals surface area contributed by atoms with Gasteiger partial charge < -0.3 is 0 Å². The van der Waals surface area contributed by atoms with E-state index in [2.05, 4.69) is 0 Å². The van der Waals surface area contributed by atoms with Crippen molar-refractivity contribution in [3.05, 3.63) is 41.5 Å². The molecule has 0 aliphatic heterocycles. The van der Waals surface area contributed by atoms with Crippen LogP contribution < -0.4 is 0 Å². The molecule has 0 saturated carbocycles. The molecule has 0 atom stereocenters. The van der Waals surface area contributed by atoms with Crippen LogP contribution in [0.5, 0.6) is 0 Å². The summed E-state index contributed by atoms with van der Waals surface area (Å²) >= 11 is 0. The molecule has 6 heteroatoms. The molecule has 0 heterocycles. The van der Waals surface area contributed by atoms with Crippen molar-refractivity contribution < 1.29 is 26.3 Å². The van der Waals surface area contributed by atoms with Gasteiger partial charge >= 0.3 is 17.8 Å². The van der Waals surface area contributed by atoms with E-state index in [4.69, 9.17) is 0 Å². The summed E-state index contributed by atoms with van der Waals surface area (Å²) in [5.74, 6) is -15.1. The van der Waals surface area contributed by atoms with Crippen molar-refractivity contribution in [3.8, 4) is 0 Å². The third kappa shape index (κ3) is 2.15. The number of benzene rings is 1. The standard InChI is InChI=1S/C15H14F6/c1-2-3-9-11-12(10-7-5-4-6-8-10)14(18,19)15(20,21)13(11,16)17/h4-8H,2-3,9H2,1H3. The average molecular weight is 308 g/mol. The lowest BCUT2D eigenvalue weighted by molar-refractivity contribution is -0.260. The molecule has 1 aromatic carbocycles. The zero-order valence-corrected chi connectivity index (χ0v) is 11.3. The maximum atomic E-state index is 14.0. The van der Waals surface area contributed by atoms with Gasteiger partial charge in [0.05, 0.1) is 0 Å². The Morgan fingerprint density at radius 3 is 1.95 bits per heavy atom. The number of unbranched alkanes of at least 4 members (excludes halogenated alkanes) is 1. The second kappa shape index (κ2) is 5.07. The van der Waals surface area contributed by atoms with E-state index in [0.717, 1.165) is 12.1 Å². The molecule has 0 radical (unpaired) electrons. The first-order chi connectivity index (χ1) is 9.68. The van der Waals surface area contributed by atoms with E-state index >= 15 is 0 Å². The molecule has 21 heavy (non-hydrogen) atoms. The normalized spacial score (nSPS) is 22.6. The zero-order chi connectivity index (χ0) is 15.9. The fraction of sp³-hybridized carbons (Fsp3) is 0.467. The number of rotatable bonds is 4. The van der Waals surface area contributed by atoms with Crippen molar-refractivity contribution in [1.82, 2.24) is 0 Å². The largest absolute Gasteiger partial charge is 0.380 e. The number of allylic oxidation sites excluding steroid dienone is 2. The van der Waals surface area contributed by atoms with Gasteiger partial charge in [-0.2, -0.15) is 26.3 Å². The van der Waals surface area contributed by atoms with Crippen molar-refractivity contribution in [1.29, 1.82) is 0 Å². The van der Waals surface area contributed by atoms with Gasteiger partial charge in [-0.15, -0.1) is 0 Å². The smallest absolute Gasteiger partial charge is 0.194 e. The fourth-order valence-corrected chi connectivity index (χ4v) is 2.49. The molecular formula is C15H14F6. The van der Waals surface area contributed by atoms with Crippen LogP contribution in [-0.2, 0) is 0 Å². The summed E-state index contributed by atoms with van der Waals surface area (Å²) in [4.78, 5) is 0. The minimum absolute atomic E-state index is 0.146. The van der Waals surface area contributed by atoms with Gasteiger partial charge in [0.2, 0.25) is 0 Å². The number of halogens is 6. The quantitative estimate of drug-likeness (QED) is 0.640. The van der Waals surface area contributed by atoms with Gasteiger partial charge in [0, 0.05) is 11.1 Å². The number of hydrogen-bond acceptors (Lipinski definition) is 0. The lowest BCUT2D eigenvalue weighted by Gasteiger charge is -2.25. The van der Waals surface area contributed by atoms with Gasteiger partial charge in [-0.1, -0.05) is 43.7 Å². The molecule has 1 aliphatic rings. The first kappa shape index (κ1) is 15.9. The Morgan fingerprint density at radius 2 is 1.43 bits per heavy atom. The second-order valence-corrected chi connectivity index (χ2v) is 5.05. The predicted octanol–water partition coefficient (Wildman–Crippen LogP) is 5.55. The maximum absolute atomic E-state index is 14.0. The molecule has 2 rings (SSSR count). The Balaban J connectivity index is 2.67. The summed E-state index contributed by atoms with van der Waals surface area (Å²) in [6.07, 6.45) is 0.116. The minimum atomic E-state index is -5.41. The van der Waals surface area contributed by atoms with E-state index in [1.807, 2.05) is 0 Å². The average Bonchev–Trinajstić information content (AvgIpc) is 2.52. The van der Waals surface area contributed by atoms with Crippen molar-refractivity contribution in [2.24, 2.45) is 0 Å². The molecule has 0 bridgehead atoms. The van der Waals surface area contributed by atoms with E-state index in [1.165, 1.54) is 18.2 Å². The molecule has 0 amide bonds. The highest BCUT2D eigenvalue weighted by Gasteiger charge is 2.79. The van der Waals surface area contributed by atoms with E-state index in [-0.39, 0.29) is 12.0 Å². The highest BCUT2D eigenvalue weighted by atomic mass is 19.3. The predicted molar refractivity (Wildman–Crippen MR) is 67.7 cm³/mol. The van der Waals surface area contributed by atoms with Crippen molar-refractivity contribution >= 4 is 5.57 Å². The van der Waals surface area contributed by atoms with E-state index in [0.29, 0.717) is 6.42 Å². The Morgan fingerprint density at radius 1 is 0.857 bits per heavy atom. The molecular weight excluding hydrogens is 294 g/mol. The van der Waals surface area contributed by atoms with E-state index in [9.17, 15) is 26.3 Å². The SMILES string of the molecule is CCCCC1=C(c2ccccc2)C(F)(F)C(F)(F)C1(F)F. The topological polar surface area (TPSA) is 0 Å². The summed E-state index contributed by atoms with van der Waals surface area (Å²) in [5, 5.41) is 0. The fourth-order valence-electron chi connectivity index (χ4n) is 2.49. The summed E-state index contributed by atoms with van der Waals surface area (Å²) in [7, 11) is 0. The van der Waals surface area contributed by atoms with Crippen LogP contribution in [0, 0.1) is 0 Å². The van der Waals surface area contributed by atoms with Crippen molar-refractivity contribution in [2.75, 3.05) is 0 Å². The third-order valence-electron chi connectivity index (χ3n) is 3.63. The van der Waals surface area contributed by atoms with Crippen LogP contribution in [0.3, 0.4) is 0 Å². The van der Waals surface area contributed by atoms with E-state index in [1.54, 1.807) is 6.92 Å². The summed E-state index contributed by atoms with van der Waals surface area (Å²) in [6, 6.07) is 6.49. The summed E-state index contributed by atoms with van der Waals surface area (Å²) < 4.78 is 82.8. The van der Waals surface area contributed by atoms with Crippen LogP contribution in [0.15, 0.2) is 35.9 Å². The summed E-state index contributed by atoms with van der Waals surface area (Å²) in [5.41, 5.74) is -2.66. The minimum Gasteiger partial charge on any atom is -0.194 e. The first-order valence-corrected chi connectivity index (χ1v) is 6.61. The highest BCUT2D eigenvalue weighted by molar-refractivity contribution is 5.79. The lowest BCUT2D eigenvalue weighted by Crippen LogP contribution is -2.49. The number of alkyl halides is 6. The molecule has 0 saturated heterocycles. The van der Waals surface area contributed by atoms with Crippen LogP contribution in [0.25, 0.3) is 5.57 Å². The molecule has 0 nitrogen and oxygen atoms in total. The van der Waals surface area contributed by atoms with Gasteiger partial charge in [-0.05, 0) is 18.4 Å². The Kier molecular flexibility index (Phi) is 3.84. The van der Waals surface area contributed by atoms with Crippen LogP contribution in [0.2, 0.25) is 0 Å². The molecule has 0 fully saturated rings. The maximum Gasteiger partial charge on any atom is 0.380 e. The Labute approximate surface area is 118 Å². The molecule has 0 spiro atoms. The molecule has 116 valence electrons. The molecule has 1 aliphatic carbocycles. The zero-order valence-electron chi connectivity index (χ0n) is 11.3. The van der Waals surface area contributed by atoms with Crippen LogP contribution in [0.4, 0.5) is 26.3 Å². The van der Waals surface area contributed by atoms with Gasteiger partial charge in [-0.25, -0.2) is 0 Å². The first-order valence-electron chi connectivity index (χ1n) is 6.61. The van der Waals surface area contributed by atoms with Gasteiger partial charge in [-0.3, -0.25) is 0 Å². The van der Waals surface area contributed by atoms with Crippen LogP contribution in [0.1, 0.15) is 31.7 Å². The third-order valence-corrected chi connectivity index (χ3v) is 3.63. The van der Waals surface area contributed by atoms with Crippen LogP contribution >= 0.6 is 0 Å². The molecule has 0 aromatic heterocycles. The monoisotopic (exact) mass is 308 g/mol. The molecule has 1 aromatic rings. The van der Waals surface area contributed by atoms with Gasteiger partial charge in [0.25, 0.3) is 0 Å². The molecule has 0 unspecified atom stereocenters.